The number of carbonyl (C=O) groups is 1. The van der Waals surface area contributed by atoms with Crippen molar-refractivity contribution in [2.24, 2.45) is 5.92 Å². The zero-order chi connectivity index (χ0) is 13.8. The van der Waals surface area contributed by atoms with Gasteiger partial charge in [0.2, 0.25) is 5.82 Å². The van der Waals surface area contributed by atoms with Gasteiger partial charge in [-0.05, 0) is 28.5 Å². The van der Waals surface area contributed by atoms with E-state index in [1.807, 2.05) is 26.0 Å². The van der Waals surface area contributed by atoms with Gasteiger partial charge in [0, 0.05) is 19.4 Å². The third kappa shape index (κ3) is 3.18. The van der Waals surface area contributed by atoms with Gasteiger partial charge in [-0.2, -0.15) is 0 Å². The molecule has 2 aromatic rings. The van der Waals surface area contributed by atoms with Gasteiger partial charge in [-0.25, -0.2) is 4.68 Å². The molecule has 0 aromatic carbocycles. The number of carboxylic acid groups (broad SMARTS) is 1. The fourth-order valence-electron chi connectivity index (χ4n) is 1.85. The van der Waals surface area contributed by atoms with Crippen molar-refractivity contribution in [2.45, 2.75) is 33.2 Å². The molecule has 0 aliphatic carbocycles. The Morgan fingerprint density at radius 1 is 1.53 bits per heavy atom. The second-order valence-corrected chi connectivity index (χ2v) is 4.51. The minimum atomic E-state index is -0.826. The monoisotopic (exact) mass is 264 g/mol. The van der Waals surface area contributed by atoms with Gasteiger partial charge in [-0.1, -0.05) is 13.8 Å². The number of aryl methyl sites for hydroxylation is 1. The number of tetrazole rings is 1. The van der Waals surface area contributed by atoms with E-state index >= 15 is 0 Å². The average Bonchev–Trinajstić information content (AvgIpc) is 2.95. The molecular formula is C12H16N4O3. The first-order valence-corrected chi connectivity index (χ1v) is 6.17. The highest BCUT2D eigenvalue weighted by atomic mass is 16.4. The van der Waals surface area contributed by atoms with E-state index in [2.05, 4.69) is 15.5 Å². The minimum Gasteiger partial charge on any atom is -0.481 e. The quantitative estimate of drug-likeness (QED) is 0.851. The first-order valence-electron chi connectivity index (χ1n) is 6.17. The summed E-state index contributed by atoms with van der Waals surface area (Å²) in [5.74, 6) is 1.11. The van der Waals surface area contributed by atoms with E-state index in [4.69, 9.17) is 9.52 Å². The number of aliphatic carboxylic acids is 1. The average molecular weight is 264 g/mol. The Bertz CT molecular complexity index is 561. The first kappa shape index (κ1) is 13.3. The lowest BCUT2D eigenvalue weighted by atomic mass is 10.1. The van der Waals surface area contributed by atoms with Crippen LogP contribution in [0.4, 0.5) is 0 Å². The van der Waals surface area contributed by atoms with Crippen LogP contribution in [0.2, 0.25) is 0 Å². The number of rotatable bonds is 6. The molecule has 0 amide bonds. The smallest absolute Gasteiger partial charge is 0.303 e. The molecule has 2 aromatic heterocycles. The van der Waals surface area contributed by atoms with Crippen LogP contribution in [0, 0.1) is 5.92 Å². The molecule has 0 aliphatic rings. The molecule has 2 rings (SSSR count). The predicted octanol–water partition coefficient (Wildman–Crippen LogP) is 1.61. The third-order valence-electron chi connectivity index (χ3n) is 2.77. The van der Waals surface area contributed by atoms with Crippen molar-refractivity contribution < 1.29 is 14.3 Å². The SMILES string of the molecule is CCc1ccc(-c2nnnn2CC(C)CC(=O)O)o1. The molecule has 1 atom stereocenters. The van der Waals surface area contributed by atoms with Crippen molar-refractivity contribution in [1.29, 1.82) is 0 Å². The van der Waals surface area contributed by atoms with E-state index in [0.717, 1.165) is 12.2 Å². The maximum atomic E-state index is 10.7. The van der Waals surface area contributed by atoms with Crippen molar-refractivity contribution in [3.05, 3.63) is 17.9 Å². The highest BCUT2D eigenvalue weighted by Crippen LogP contribution is 2.20. The molecule has 0 aliphatic heterocycles. The Morgan fingerprint density at radius 3 is 2.95 bits per heavy atom. The number of furan rings is 1. The minimum absolute atomic E-state index is 0.0552. The van der Waals surface area contributed by atoms with Crippen LogP contribution in [0.5, 0.6) is 0 Å². The van der Waals surface area contributed by atoms with Crippen LogP contribution < -0.4 is 0 Å². The molecule has 1 unspecified atom stereocenters. The van der Waals surface area contributed by atoms with Crippen molar-refractivity contribution in [1.82, 2.24) is 20.2 Å². The highest BCUT2D eigenvalue weighted by Gasteiger charge is 2.16. The van der Waals surface area contributed by atoms with Crippen LogP contribution in [-0.2, 0) is 17.8 Å². The first-order chi connectivity index (χ1) is 9.10. The topological polar surface area (TPSA) is 94.0 Å². The Labute approximate surface area is 110 Å². The van der Waals surface area contributed by atoms with Gasteiger partial charge in [-0.15, -0.1) is 5.10 Å². The highest BCUT2D eigenvalue weighted by molar-refractivity contribution is 5.66. The molecule has 0 fully saturated rings. The molecule has 1 N–H and O–H groups in total. The van der Waals surface area contributed by atoms with Gasteiger partial charge in [0.05, 0.1) is 0 Å². The number of carboxylic acids is 1. The predicted molar refractivity (Wildman–Crippen MR) is 66.3 cm³/mol. The van der Waals surface area contributed by atoms with E-state index in [9.17, 15) is 4.79 Å². The summed E-state index contributed by atoms with van der Waals surface area (Å²) in [5.41, 5.74) is 0. The Balaban J connectivity index is 2.15. The number of nitrogens with zero attached hydrogens (tertiary/aromatic N) is 4. The van der Waals surface area contributed by atoms with Gasteiger partial charge in [0.25, 0.3) is 0 Å². The van der Waals surface area contributed by atoms with Gasteiger partial charge >= 0.3 is 5.97 Å². The maximum absolute atomic E-state index is 10.7. The molecule has 7 nitrogen and oxygen atoms in total. The second-order valence-electron chi connectivity index (χ2n) is 4.51. The van der Waals surface area contributed by atoms with Crippen LogP contribution >= 0.6 is 0 Å². The maximum Gasteiger partial charge on any atom is 0.303 e. The van der Waals surface area contributed by atoms with E-state index in [-0.39, 0.29) is 12.3 Å². The van der Waals surface area contributed by atoms with Crippen molar-refractivity contribution >= 4 is 5.97 Å². The normalized spacial score (nSPS) is 12.5. The van der Waals surface area contributed by atoms with Crippen LogP contribution in [0.25, 0.3) is 11.6 Å². The summed E-state index contributed by atoms with van der Waals surface area (Å²) in [5, 5.41) is 20.2. The molecule has 0 saturated carbocycles. The third-order valence-corrected chi connectivity index (χ3v) is 2.77. The summed E-state index contributed by atoms with van der Waals surface area (Å²) in [4.78, 5) is 10.7. The largest absolute Gasteiger partial charge is 0.481 e. The van der Waals surface area contributed by atoms with Crippen molar-refractivity contribution in [2.75, 3.05) is 0 Å². The number of hydrogen-bond acceptors (Lipinski definition) is 5. The molecule has 0 saturated heterocycles. The Kier molecular flexibility index (Phi) is 3.94. The number of hydrogen-bond donors (Lipinski definition) is 1. The molecule has 102 valence electrons. The van der Waals surface area contributed by atoms with Gasteiger partial charge in [0.1, 0.15) is 5.76 Å². The summed E-state index contributed by atoms with van der Waals surface area (Å²) >= 11 is 0. The standard InChI is InChI=1S/C12H16N4O3/c1-3-9-4-5-10(19-9)12-13-14-15-16(12)7-8(2)6-11(17)18/h4-5,8H,3,6-7H2,1-2H3,(H,17,18). The van der Waals surface area contributed by atoms with Gasteiger partial charge < -0.3 is 9.52 Å². The van der Waals surface area contributed by atoms with Crippen LogP contribution in [0.15, 0.2) is 16.5 Å². The van der Waals surface area contributed by atoms with E-state index in [1.165, 1.54) is 0 Å². The van der Waals surface area contributed by atoms with E-state index < -0.39 is 5.97 Å². The van der Waals surface area contributed by atoms with Crippen LogP contribution in [0.1, 0.15) is 26.0 Å². The lowest BCUT2D eigenvalue weighted by Gasteiger charge is -2.08. The van der Waals surface area contributed by atoms with Gasteiger partial charge in [0.15, 0.2) is 5.76 Å². The molecular weight excluding hydrogens is 248 g/mol. The van der Waals surface area contributed by atoms with Crippen LogP contribution in [-0.4, -0.2) is 31.3 Å². The molecule has 2 heterocycles. The summed E-state index contributed by atoms with van der Waals surface area (Å²) < 4.78 is 7.18. The lowest BCUT2D eigenvalue weighted by Crippen LogP contribution is -2.14. The lowest BCUT2D eigenvalue weighted by molar-refractivity contribution is -0.138. The zero-order valence-electron chi connectivity index (χ0n) is 10.9. The summed E-state index contributed by atoms with van der Waals surface area (Å²) in [7, 11) is 0. The Hall–Kier alpha value is -2.18. The molecule has 0 spiro atoms. The zero-order valence-corrected chi connectivity index (χ0v) is 10.9. The van der Waals surface area contributed by atoms with Gasteiger partial charge in [-0.3, -0.25) is 4.79 Å². The summed E-state index contributed by atoms with van der Waals surface area (Å²) in [6.07, 6.45) is 0.884. The van der Waals surface area contributed by atoms with E-state index in [1.54, 1.807) is 4.68 Å². The Morgan fingerprint density at radius 2 is 2.32 bits per heavy atom. The molecule has 0 radical (unpaired) electrons. The second kappa shape index (κ2) is 5.64. The number of aromatic nitrogens is 4. The van der Waals surface area contributed by atoms with Crippen molar-refractivity contribution in [3.8, 4) is 11.6 Å². The molecule has 19 heavy (non-hydrogen) atoms. The molecule has 0 bridgehead atoms. The fourth-order valence-corrected chi connectivity index (χ4v) is 1.85. The summed E-state index contributed by atoms with van der Waals surface area (Å²) in [6.45, 7) is 4.29. The van der Waals surface area contributed by atoms with E-state index in [0.29, 0.717) is 18.1 Å². The molecule has 7 heteroatoms. The fraction of sp³-hybridized carbons (Fsp3) is 0.500. The summed E-state index contributed by atoms with van der Waals surface area (Å²) in [6, 6.07) is 3.71. The van der Waals surface area contributed by atoms with Crippen LogP contribution in [0.3, 0.4) is 0 Å². The van der Waals surface area contributed by atoms with Crippen molar-refractivity contribution in [3.63, 3.8) is 0 Å².